The van der Waals surface area contributed by atoms with Gasteiger partial charge in [-0.1, -0.05) is 17.7 Å². The maximum atomic E-state index is 13.4. The van der Waals surface area contributed by atoms with Crippen LogP contribution in [0.1, 0.15) is 24.8 Å². The van der Waals surface area contributed by atoms with E-state index in [1.165, 1.54) is 24.3 Å². The number of nitrogens with zero attached hydrogens (tertiary/aromatic N) is 4. The van der Waals surface area contributed by atoms with E-state index in [2.05, 4.69) is 14.1 Å². The molecule has 1 aliphatic heterocycles. The molecule has 1 amide bonds. The SMILES string of the molecule is N#Cc1ccc(Cl)cc1NC(=O)COC(=O)C1CCCCN1S(=O)(=O)c1cccc2nsnc12. The third-order valence-electron chi connectivity index (χ3n) is 5.28. The Bertz CT molecular complexity index is 1400. The van der Waals surface area contributed by atoms with E-state index < -0.39 is 34.5 Å². The molecule has 0 aliphatic carbocycles. The van der Waals surface area contributed by atoms with Gasteiger partial charge < -0.3 is 10.1 Å². The smallest absolute Gasteiger partial charge is 0.324 e. The molecule has 2 heterocycles. The Morgan fingerprint density at radius 1 is 1.26 bits per heavy atom. The highest BCUT2D eigenvalue weighted by Crippen LogP contribution is 2.30. The van der Waals surface area contributed by atoms with E-state index in [1.54, 1.807) is 12.1 Å². The summed E-state index contributed by atoms with van der Waals surface area (Å²) in [5, 5.41) is 12.0. The summed E-state index contributed by atoms with van der Waals surface area (Å²) in [4.78, 5) is 25.1. The van der Waals surface area contributed by atoms with Gasteiger partial charge in [0.2, 0.25) is 10.0 Å². The molecule has 1 aromatic heterocycles. The Morgan fingerprint density at radius 2 is 2.09 bits per heavy atom. The first-order chi connectivity index (χ1) is 16.3. The second-order valence-electron chi connectivity index (χ2n) is 7.47. The summed E-state index contributed by atoms with van der Waals surface area (Å²) in [6.45, 7) is -0.511. The van der Waals surface area contributed by atoms with E-state index in [0.717, 1.165) is 16.0 Å². The minimum atomic E-state index is -4.07. The number of hydrogen-bond acceptors (Lipinski definition) is 9. The van der Waals surface area contributed by atoms with E-state index in [-0.39, 0.29) is 34.6 Å². The summed E-state index contributed by atoms with van der Waals surface area (Å²) >= 11 is 6.81. The molecular formula is C21H18ClN5O5S2. The molecule has 1 fully saturated rings. The fourth-order valence-electron chi connectivity index (χ4n) is 3.68. The fraction of sp³-hybridized carbons (Fsp3) is 0.286. The summed E-state index contributed by atoms with van der Waals surface area (Å²) in [7, 11) is -4.07. The van der Waals surface area contributed by atoms with Crippen LogP contribution in [0, 0.1) is 11.3 Å². The van der Waals surface area contributed by atoms with Crippen LogP contribution in [-0.4, -0.2) is 52.5 Å². The number of anilines is 1. The van der Waals surface area contributed by atoms with Crippen molar-refractivity contribution in [1.82, 2.24) is 13.1 Å². The van der Waals surface area contributed by atoms with Gasteiger partial charge in [0, 0.05) is 11.6 Å². The van der Waals surface area contributed by atoms with Gasteiger partial charge in [0.25, 0.3) is 5.91 Å². The zero-order valence-corrected chi connectivity index (χ0v) is 20.0. The molecule has 3 aromatic rings. The van der Waals surface area contributed by atoms with Crippen molar-refractivity contribution < 1.29 is 22.7 Å². The third-order valence-corrected chi connectivity index (χ3v) is 8.00. The lowest BCUT2D eigenvalue weighted by molar-refractivity contribution is -0.152. The third kappa shape index (κ3) is 4.88. The van der Waals surface area contributed by atoms with Gasteiger partial charge >= 0.3 is 5.97 Å². The molecule has 0 bridgehead atoms. The zero-order chi connectivity index (χ0) is 24.3. The van der Waals surface area contributed by atoms with Crippen LogP contribution in [0.4, 0.5) is 5.69 Å². The number of fused-ring (bicyclic) bond motifs is 1. The molecule has 0 radical (unpaired) electrons. The molecule has 1 atom stereocenters. The van der Waals surface area contributed by atoms with E-state index in [9.17, 15) is 18.0 Å². The van der Waals surface area contributed by atoms with E-state index >= 15 is 0 Å². The van der Waals surface area contributed by atoms with Crippen LogP contribution < -0.4 is 5.32 Å². The number of nitriles is 1. The van der Waals surface area contributed by atoms with Crippen molar-refractivity contribution in [3.63, 3.8) is 0 Å². The standard InChI is InChI=1S/C21H18ClN5O5S2/c22-14-8-7-13(11-23)16(10-14)24-19(28)12-32-21(29)17-5-1-2-9-27(17)34(30,31)18-6-3-4-15-20(18)26-33-25-15/h3-4,6-8,10,17H,1-2,5,9,12H2,(H,24,28). The predicted molar refractivity (Wildman–Crippen MR) is 125 cm³/mol. The monoisotopic (exact) mass is 519 g/mol. The maximum absolute atomic E-state index is 13.4. The topological polar surface area (TPSA) is 142 Å². The molecule has 1 aliphatic rings. The predicted octanol–water partition coefficient (Wildman–Crippen LogP) is 2.94. The number of carbonyl (C=O) groups excluding carboxylic acids is 2. The molecule has 0 spiro atoms. The van der Waals surface area contributed by atoms with Crippen LogP contribution in [-0.2, 0) is 24.3 Å². The first-order valence-corrected chi connectivity index (χ1v) is 12.8. The Hall–Kier alpha value is -3.11. The highest BCUT2D eigenvalue weighted by atomic mass is 35.5. The number of rotatable bonds is 6. The average molecular weight is 520 g/mol. The Kier molecular flexibility index (Phi) is 7.08. The van der Waals surface area contributed by atoms with Crippen LogP contribution in [0.15, 0.2) is 41.3 Å². The Morgan fingerprint density at radius 3 is 2.88 bits per heavy atom. The van der Waals surface area contributed by atoms with Gasteiger partial charge in [-0.05, 0) is 49.6 Å². The molecule has 1 saturated heterocycles. The highest BCUT2D eigenvalue weighted by molar-refractivity contribution is 7.89. The number of hydrogen-bond donors (Lipinski definition) is 1. The Labute approximate surface area is 204 Å². The molecule has 34 heavy (non-hydrogen) atoms. The zero-order valence-electron chi connectivity index (χ0n) is 17.6. The lowest BCUT2D eigenvalue weighted by Crippen LogP contribution is -2.49. The average Bonchev–Trinajstić information content (AvgIpc) is 3.31. The molecule has 4 rings (SSSR count). The summed E-state index contributed by atoms with van der Waals surface area (Å²) in [6, 6.07) is 9.89. The molecule has 176 valence electrons. The van der Waals surface area contributed by atoms with Crippen LogP contribution >= 0.6 is 23.3 Å². The highest BCUT2D eigenvalue weighted by Gasteiger charge is 2.39. The van der Waals surface area contributed by atoms with Crippen molar-refractivity contribution in [1.29, 1.82) is 5.26 Å². The first kappa shape index (κ1) is 24.0. The van der Waals surface area contributed by atoms with Gasteiger partial charge in [-0.2, -0.15) is 18.3 Å². The molecule has 1 unspecified atom stereocenters. The van der Waals surface area contributed by atoms with Gasteiger partial charge in [-0.3, -0.25) is 9.59 Å². The number of carbonyl (C=O) groups is 2. The van der Waals surface area contributed by atoms with Gasteiger partial charge in [0.1, 0.15) is 28.0 Å². The van der Waals surface area contributed by atoms with Crippen molar-refractivity contribution in [2.45, 2.75) is 30.2 Å². The first-order valence-electron chi connectivity index (χ1n) is 10.2. The second-order valence-corrected chi connectivity index (χ2v) is 10.3. The van der Waals surface area contributed by atoms with Crippen molar-refractivity contribution in [3.8, 4) is 6.07 Å². The molecular weight excluding hydrogens is 502 g/mol. The summed E-state index contributed by atoms with van der Waals surface area (Å²) < 4.78 is 41.3. The minimum Gasteiger partial charge on any atom is -0.454 e. The molecule has 1 N–H and O–H groups in total. The van der Waals surface area contributed by atoms with Gasteiger partial charge in [-0.25, -0.2) is 8.42 Å². The number of halogens is 1. The minimum absolute atomic E-state index is 0.0267. The van der Waals surface area contributed by atoms with Gasteiger partial charge in [0.15, 0.2) is 6.61 Å². The van der Waals surface area contributed by atoms with Crippen molar-refractivity contribution in [3.05, 3.63) is 47.0 Å². The van der Waals surface area contributed by atoms with Crippen LogP contribution in [0.3, 0.4) is 0 Å². The molecule has 0 saturated carbocycles. The largest absolute Gasteiger partial charge is 0.454 e. The van der Waals surface area contributed by atoms with Crippen molar-refractivity contribution in [2.75, 3.05) is 18.5 Å². The molecule has 13 heteroatoms. The maximum Gasteiger partial charge on any atom is 0.324 e. The lowest BCUT2D eigenvalue weighted by Gasteiger charge is -2.32. The number of sulfonamides is 1. The fourth-order valence-corrected chi connectivity index (χ4v) is 6.25. The molecule has 10 nitrogen and oxygen atoms in total. The molecule has 2 aromatic carbocycles. The normalized spacial score (nSPS) is 16.6. The quantitative estimate of drug-likeness (QED) is 0.490. The van der Waals surface area contributed by atoms with Gasteiger partial charge in [0.05, 0.1) is 23.0 Å². The van der Waals surface area contributed by atoms with Crippen LogP contribution in [0.5, 0.6) is 0 Å². The van der Waals surface area contributed by atoms with E-state index in [0.29, 0.717) is 23.4 Å². The number of benzene rings is 2. The number of nitrogens with one attached hydrogen (secondary N) is 1. The second kappa shape index (κ2) is 10.0. The van der Waals surface area contributed by atoms with E-state index in [4.69, 9.17) is 21.6 Å². The summed E-state index contributed by atoms with van der Waals surface area (Å²) in [6.07, 6.45) is 1.48. The van der Waals surface area contributed by atoms with Crippen LogP contribution in [0.2, 0.25) is 5.02 Å². The summed E-state index contributed by atoms with van der Waals surface area (Å²) in [5.74, 6) is -1.51. The van der Waals surface area contributed by atoms with Gasteiger partial charge in [-0.15, -0.1) is 0 Å². The number of piperidine rings is 1. The number of ether oxygens (including phenoxy) is 1. The van der Waals surface area contributed by atoms with Crippen molar-refractivity contribution in [2.24, 2.45) is 0 Å². The lowest BCUT2D eigenvalue weighted by atomic mass is 10.1. The number of amides is 1. The number of esters is 1. The number of aromatic nitrogens is 2. The van der Waals surface area contributed by atoms with E-state index in [1.807, 2.05) is 6.07 Å². The van der Waals surface area contributed by atoms with Crippen LogP contribution in [0.25, 0.3) is 11.0 Å². The summed E-state index contributed by atoms with van der Waals surface area (Å²) in [5.41, 5.74) is 1.08. The van der Waals surface area contributed by atoms with Crippen molar-refractivity contribution >= 4 is 61.9 Å². The Balaban J connectivity index is 1.48.